The van der Waals surface area contributed by atoms with Gasteiger partial charge in [0.05, 0.1) is 6.26 Å². The molecule has 1 radical (unpaired) electrons. The SMILES string of the molecule is C=COC[CH]Oc1ccccc1-c1ccccc1. The van der Waals surface area contributed by atoms with Crippen LogP contribution in [0.15, 0.2) is 67.4 Å². The molecule has 0 aliphatic rings. The van der Waals surface area contributed by atoms with Crippen LogP contribution in [-0.2, 0) is 4.74 Å². The van der Waals surface area contributed by atoms with E-state index in [9.17, 15) is 0 Å². The Bertz CT molecular complexity index is 491. The van der Waals surface area contributed by atoms with Gasteiger partial charge in [-0.3, -0.25) is 0 Å². The molecule has 0 aromatic heterocycles. The molecule has 0 saturated carbocycles. The summed E-state index contributed by atoms with van der Waals surface area (Å²) in [5, 5.41) is 0. The molecule has 0 amide bonds. The van der Waals surface area contributed by atoms with E-state index in [1.807, 2.05) is 42.5 Å². The first-order valence-electron chi connectivity index (χ1n) is 5.77. The molecular formula is C16H15O2. The lowest BCUT2D eigenvalue weighted by atomic mass is 10.1. The number of hydrogen-bond acceptors (Lipinski definition) is 2. The Morgan fingerprint density at radius 1 is 0.944 bits per heavy atom. The molecule has 18 heavy (non-hydrogen) atoms. The summed E-state index contributed by atoms with van der Waals surface area (Å²) >= 11 is 0. The molecule has 0 N–H and O–H groups in total. The fourth-order valence-electron chi connectivity index (χ4n) is 1.66. The van der Waals surface area contributed by atoms with Crippen LogP contribution < -0.4 is 4.74 Å². The van der Waals surface area contributed by atoms with E-state index in [1.165, 1.54) is 6.26 Å². The Labute approximate surface area is 107 Å². The molecule has 2 heteroatoms. The summed E-state index contributed by atoms with van der Waals surface area (Å²) in [6.07, 6.45) is 1.39. The smallest absolute Gasteiger partial charge is 0.172 e. The van der Waals surface area contributed by atoms with E-state index in [-0.39, 0.29) is 0 Å². The van der Waals surface area contributed by atoms with E-state index >= 15 is 0 Å². The lowest BCUT2D eigenvalue weighted by Crippen LogP contribution is -1.98. The highest BCUT2D eigenvalue weighted by atomic mass is 16.5. The Morgan fingerprint density at radius 3 is 2.44 bits per heavy atom. The van der Waals surface area contributed by atoms with Crippen molar-refractivity contribution in [1.82, 2.24) is 0 Å². The van der Waals surface area contributed by atoms with E-state index in [1.54, 1.807) is 6.61 Å². The zero-order valence-corrected chi connectivity index (χ0v) is 10.1. The highest BCUT2D eigenvalue weighted by Crippen LogP contribution is 2.29. The molecule has 0 atom stereocenters. The van der Waals surface area contributed by atoms with Gasteiger partial charge in [0.15, 0.2) is 6.61 Å². The minimum absolute atomic E-state index is 0.382. The molecule has 0 aliphatic carbocycles. The summed E-state index contributed by atoms with van der Waals surface area (Å²) in [5.41, 5.74) is 2.19. The van der Waals surface area contributed by atoms with Crippen molar-refractivity contribution in [2.24, 2.45) is 0 Å². The molecule has 0 spiro atoms. The van der Waals surface area contributed by atoms with Crippen LogP contribution in [0.1, 0.15) is 0 Å². The number of para-hydroxylation sites is 1. The van der Waals surface area contributed by atoms with Gasteiger partial charge in [-0.05, 0) is 11.6 Å². The molecule has 0 bridgehead atoms. The summed E-state index contributed by atoms with van der Waals surface area (Å²) in [5.74, 6) is 0.816. The topological polar surface area (TPSA) is 18.5 Å². The van der Waals surface area contributed by atoms with E-state index in [4.69, 9.17) is 9.47 Å². The first-order valence-corrected chi connectivity index (χ1v) is 5.77. The predicted octanol–water partition coefficient (Wildman–Crippen LogP) is 4.05. The Morgan fingerprint density at radius 2 is 1.67 bits per heavy atom. The lowest BCUT2D eigenvalue weighted by Gasteiger charge is -2.10. The van der Waals surface area contributed by atoms with Crippen LogP contribution in [0.25, 0.3) is 11.1 Å². The molecule has 0 saturated heterocycles. The third-order valence-corrected chi connectivity index (χ3v) is 2.46. The van der Waals surface area contributed by atoms with Crippen molar-refractivity contribution in [2.75, 3.05) is 6.61 Å². The Kier molecular flexibility index (Phi) is 4.42. The molecule has 2 aromatic carbocycles. The van der Waals surface area contributed by atoms with Gasteiger partial charge in [0, 0.05) is 5.56 Å². The molecule has 2 aromatic rings. The van der Waals surface area contributed by atoms with Gasteiger partial charge >= 0.3 is 0 Å². The first kappa shape index (κ1) is 12.2. The van der Waals surface area contributed by atoms with Crippen molar-refractivity contribution in [3.63, 3.8) is 0 Å². The van der Waals surface area contributed by atoms with E-state index < -0.39 is 0 Å². The monoisotopic (exact) mass is 239 g/mol. The normalized spacial score (nSPS) is 9.78. The molecule has 0 fully saturated rings. The maximum atomic E-state index is 5.60. The second kappa shape index (κ2) is 6.50. The van der Waals surface area contributed by atoms with Gasteiger partial charge in [-0.25, -0.2) is 0 Å². The van der Waals surface area contributed by atoms with E-state index in [0.29, 0.717) is 6.61 Å². The summed E-state index contributed by atoms with van der Waals surface area (Å²) in [6, 6.07) is 18.0. The van der Waals surface area contributed by atoms with Crippen LogP contribution in [0.2, 0.25) is 0 Å². The van der Waals surface area contributed by atoms with Crippen molar-refractivity contribution < 1.29 is 9.47 Å². The van der Waals surface area contributed by atoms with Gasteiger partial charge < -0.3 is 9.47 Å². The highest BCUT2D eigenvalue weighted by Gasteiger charge is 2.04. The summed E-state index contributed by atoms with van der Waals surface area (Å²) in [7, 11) is 0. The molecule has 2 rings (SSSR count). The second-order valence-electron chi connectivity index (χ2n) is 3.65. The lowest BCUT2D eigenvalue weighted by molar-refractivity contribution is 0.225. The van der Waals surface area contributed by atoms with Crippen LogP contribution in [0.4, 0.5) is 0 Å². The summed E-state index contributed by atoms with van der Waals surface area (Å²) in [4.78, 5) is 0. The minimum Gasteiger partial charge on any atom is -0.498 e. The predicted molar refractivity (Wildman–Crippen MR) is 73.0 cm³/mol. The average Bonchev–Trinajstić information content (AvgIpc) is 2.45. The third kappa shape index (κ3) is 3.14. The summed E-state index contributed by atoms with van der Waals surface area (Å²) in [6.45, 7) is 5.47. The van der Waals surface area contributed by atoms with Crippen LogP contribution in [0.3, 0.4) is 0 Å². The molecule has 2 nitrogen and oxygen atoms in total. The molecule has 0 aliphatic heterocycles. The number of benzene rings is 2. The average molecular weight is 239 g/mol. The number of rotatable bonds is 6. The first-order chi connectivity index (χ1) is 8.92. The third-order valence-electron chi connectivity index (χ3n) is 2.46. The molecular weight excluding hydrogens is 224 g/mol. The van der Waals surface area contributed by atoms with Gasteiger partial charge in [0.2, 0.25) is 0 Å². The Hall–Kier alpha value is -2.22. The summed E-state index contributed by atoms with van der Waals surface area (Å²) < 4.78 is 10.6. The van der Waals surface area contributed by atoms with E-state index in [0.717, 1.165) is 16.9 Å². The van der Waals surface area contributed by atoms with Crippen LogP contribution in [0, 0.1) is 6.61 Å². The maximum absolute atomic E-state index is 5.60. The van der Waals surface area contributed by atoms with Crippen molar-refractivity contribution in [3.05, 3.63) is 74.0 Å². The number of hydrogen-bond donors (Lipinski definition) is 0. The van der Waals surface area contributed by atoms with Gasteiger partial charge in [-0.15, -0.1) is 0 Å². The van der Waals surface area contributed by atoms with Crippen molar-refractivity contribution in [1.29, 1.82) is 0 Å². The van der Waals surface area contributed by atoms with Gasteiger partial charge in [0.1, 0.15) is 12.4 Å². The number of ether oxygens (including phenoxy) is 2. The zero-order valence-electron chi connectivity index (χ0n) is 10.1. The van der Waals surface area contributed by atoms with Crippen LogP contribution in [-0.4, -0.2) is 6.61 Å². The molecule has 0 heterocycles. The van der Waals surface area contributed by atoms with E-state index in [2.05, 4.69) is 18.7 Å². The van der Waals surface area contributed by atoms with Gasteiger partial charge in [0.25, 0.3) is 0 Å². The fourth-order valence-corrected chi connectivity index (χ4v) is 1.66. The zero-order chi connectivity index (χ0) is 12.6. The highest BCUT2D eigenvalue weighted by molar-refractivity contribution is 5.70. The van der Waals surface area contributed by atoms with Crippen LogP contribution >= 0.6 is 0 Å². The maximum Gasteiger partial charge on any atom is 0.172 e. The minimum atomic E-state index is 0.382. The molecule has 91 valence electrons. The van der Waals surface area contributed by atoms with Gasteiger partial charge in [-0.1, -0.05) is 55.1 Å². The second-order valence-corrected chi connectivity index (χ2v) is 3.65. The van der Waals surface area contributed by atoms with Crippen molar-refractivity contribution in [2.45, 2.75) is 0 Å². The largest absolute Gasteiger partial charge is 0.498 e. The standard InChI is InChI=1S/C16H15O2/c1-2-17-12-13-18-16-11-7-6-10-15(16)14-8-4-3-5-9-14/h2-11,13H,1,12H2. The van der Waals surface area contributed by atoms with Crippen molar-refractivity contribution >= 4 is 0 Å². The van der Waals surface area contributed by atoms with Crippen LogP contribution in [0.5, 0.6) is 5.75 Å². The fraction of sp³-hybridized carbons (Fsp3) is 0.0625. The van der Waals surface area contributed by atoms with Gasteiger partial charge in [-0.2, -0.15) is 0 Å². The molecule has 0 unspecified atom stereocenters. The quantitative estimate of drug-likeness (QED) is 0.559. The van der Waals surface area contributed by atoms with Crippen molar-refractivity contribution in [3.8, 4) is 16.9 Å². The Balaban J connectivity index is 2.13.